The first-order valence-corrected chi connectivity index (χ1v) is 26.8. The van der Waals surface area contributed by atoms with Crippen LogP contribution in [0.3, 0.4) is 0 Å². The van der Waals surface area contributed by atoms with Gasteiger partial charge in [0.05, 0.1) is 38.2 Å². The van der Waals surface area contributed by atoms with E-state index in [0.29, 0.717) is 100 Å². The Kier molecular flexibility index (Phi) is 109. The Hall–Kier alpha value is 5.21. The Morgan fingerprint density at radius 3 is 1.34 bits per heavy atom. The predicted molar refractivity (Wildman–Crippen MR) is 322 cm³/mol. The van der Waals surface area contributed by atoms with Gasteiger partial charge in [0.25, 0.3) is 0 Å². The van der Waals surface area contributed by atoms with Crippen LogP contribution in [0.15, 0.2) is 0 Å². The first kappa shape index (κ1) is 119. The fourth-order valence-electron chi connectivity index (χ4n) is 5.07. The van der Waals surface area contributed by atoms with Crippen molar-refractivity contribution in [2.24, 2.45) is 53.3 Å². The normalized spacial score (nSPS) is 15.3. The fraction of sp³-hybridized carbons (Fsp3) is 0.897. The van der Waals surface area contributed by atoms with E-state index in [4.69, 9.17) is 18.9 Å². The van der Waals surface area contributed by atoms with Gasteiger partial charge in [-0.15, -0.1) is 32.2 Å². The van der Waals surface area contributed by atoms with Crippen molar-refractivity contribution in [3.63, 3.8) is 0 Å². The van der Waals surface area contributed by atoms with E-state index in [1.807, 2.05) is 111 Å². The Morgan fingerprint density at radius 2 is 0.952 bits per heavy atom. The number of hydrogen-bond donors (Lipinski definition) is 5. The van der Waals surface area contributed by atoms with Gasteiger partial charge in [-0.2, -0.15) is 0 Å². The van der Waals surface area contributed by atoms with Gasteiger partial charge in [0.15, 0.2) is 6.29 Å². The van der Waals surface area contributed by atoms with Crippen molar-refractivity contribution in [1.82, 2.24) is 10.6 Å². The summed E-state index contributed by atoms with van der Waals surface area (Å²) in [5.41, 5.74) is 0. The standard InChI is InChI=1S/C14H28O6.2C11H22N2O2.C9H19N2O.C9H19NO2.4CH4.5Rb/c1-8(2)6-18-13-10(5-15)20-14(12(17)11(13)16)19-7-9(3)4;1-8(2)5-10(14)13-7-11(15)12-6-9(3)4;1-8(2)5-6-12-10(14)7-11(15)13-9(3)4;1-7(2)5-10-9(12)11-6-8(3)4;1-7(2)5-10-9(11)12-6-8(3)4;;;;;;;;;/h8-17H,5-7H2,1-4H3;8-9H,5-7H2,1-4H3,(H,12,15)(H,13,14);8-9H,5-7H2,1-4H3,(H2,12,13,14,15);7-8H,5-6H2,1-4H3,(H-,10,11,12);7-8H,5-6H2,1-4H3,(H,10,11);4*1H4;;;;;/q;;;-1;;;;;;5*+1/p-4/t10?,11-,12?,13+,14-;;;;;;;;;;;;;/m0............./s1. The Bertz CT molecular complexity index is 1410. The number of hydrogen-bond acceptors (Lipinski definition) is 13. The van der Waals surface area contributed by atoms with E-state index >= 15 is 0 Å². The van der Waals surface area contributed by atoms with Gasteiger partial charge in [0, 0.05) is 26.0 Å². The maximum absolute atomic E-state index is 11.2. The number of carbonyl (C=O) groups is 6. The smallest absolute Gasteiger partial charge is 0.669 e. The SMILES string of the molecule is C.C.C.C.CC(C)CC[N-]C(=O)CC(=O)[N-]C(C)C.CC(C)CNC(=O)CNC(=O)CC(C)C.CC(C)CO[C@H]1OC(CO)[C@@H](OCC(C)C)[C@@H](O)C1O.CC(C)C[N-]C(=O)OCC(C)C.CC(C)C[N-]C(=O)[N-]CC(C)C.[Rb+].[Rb+].[Rb+].[Rb+].[Rb+]. The van der Waals surface area contributed by atoms with Crippen molar-refractivity contribution in [2.75, 3.05) is 65.7 Å². The number of aliphatic hydroxyl groups is 3. The minimum absolute atomic E-state index is 0. The van der Waals surface area contributed by atoms with E-state index in [2.05, 4.69) is 51.1 Å². The number of ether oxygens (including phenoxy) is 4. The van der Waals surface area contributed by atoms with Gasteiger partial charge in [-0.25, -0.2) is 0 Å². The Balaban J connectivity index is -0.0000000661. The van der Waals surface area contributed by atoms with Crippen molar-refractivity contribution in [3.8, 4) is 0 Å². The van der Waals surface area contributed by atoms with Gasteiger partial charge in [0.1, 0.15) is 24.4 Å². The third-order valence-electron chi connectivity index (χ3n) is 8.79. The molecule has 2 unspecified atom stereocenters. The molecule has 25 heteroatoms. The molecule has 0 bridgehead atoms. The van der Waals surface area contributed by atoms with Crippen molar-refractivity contribution in [1.29, 1.82) is 0 Å². The van der Waals surface area contributed by atoms with Crippen molar-refractivity contribution >= 4 is 35.8 Å². The number of rotatable bonds is 27. The van der Waals surface area contributed by atoms with Gasteiger partial charge in [-0.05, 0) is 41.5 Å². The summed E-state index contributed by atoms with van der Waals surface area (Å²) in [6.45, 7) is 43.7. The summed E-state index contributed by atoms with van der Waals surface area (Å²) in [4.78, 5) is 66.5. The zero-order chi connectivity index (χ0) is 58.1. The molecule has 0 aromatic heterocycles. The van der Waals surface area contributed by atoms with Crippen LogP contribution in [-0.4, -0.2) is 154 Å². The van der Waals surface area contributed by atoms with Gasteiger partial charge in [0.2, 0.25) is 17.9 Å². The van der Waals surface area contributed by atoms with Crippen molar-refractivity contribution in [3.05, 3.63) is 26.6 Å². The summed E-state index contributed by atoms with van der Waals surface area (Å²) in [7, 11) is 0. The number of nitrogens with zero attached hydrogens (tertiary/aromatic N) is 5. The molecule has 0 spiro atoms. The molecule has 0 saturated carbocycles. The first-order chi connectivity index (χ1) is 34.2. The minimum atomic E-state index is -1.19. The summed E-state index contributed by atoms with van der Waals surface area (Å²) in [6, 6.07) is -0.363. The first-order valence-electron chi connectivity index (χ1n) is 26.8. The number of aliphatic hydroxyl groups excluding tert-OH is 3. The van der Waals surface area contributed by atoms with E-state index in [9.17, 15) is 44.1 Å². The van der Waals surface area contributed by atoms with E-state index in [0.717, 1.165) is 6.42 Å². The summed E-state index contributed by atoms with van der Waals surface area (Å²) < 4.78 is 21.3. The van der Waals surface area contributed by atoms with E-state index in [1.54, 1.807) is 13.8 Å². The number of carbonyl (C=O) groups excluding carboxylic acids is 6. The second-order valence-corrected chi connectivity index (χ2v) is 22.4. The second-order valence-electron chi connectivity index (χ2n) is 22.4. The van der Waals surface area contributed by atoms with Crippen LogP contribution >= 0.6 is 0 Å². The molecular weight excluding hydrogens is 1430 g/mol. The van der Waals surface area contributed by atoms with Crippen LogP contribution < -0.4 is 302 Å². The maximum atomic E-state index is 11.2. The molecule has 1 fully saturated rings. The third kappa shape index (κ3) is 87.2. The Labute approximate surface area is 754 Å². The molecule has 83 heavy (non-hydrogen) atoms. The molecule has 0 aromatic rings. The molecule has 20 nitrogen and oxygen atoms in total. The van der Waals surface area contributed by atoms with E-state index < -0.39 is 36.8 Å². The summed E-state index contributed by atoms with van der Waals surface area (Å²) in [5.74, 6) is 2.59. The second kappa shape index (κ2) is 76.2. The average Bonchev–Trinajstić information content (AvgIpc) is 3.27. The van der Waals surface area contributed by atoms with Crippen LogP contribution in [0.4, 0.5) is 9.59 Å². The van der Waals surface area contributed by atoms with Crippen LogP contribution in [0.5, 0.6) is 0 Å². The molecule has 1 saturated heterocycles. The fourth-order valence-corrected chi connectivity index (χ4v) is 5.07. The molecule has 1 aliphatic rings. The minimum Gasteiger partial charge on any atom is -0.669 e. The van der Waals surface area contributed by atoms with Crippen LogP contribution in [0.25, 0.3) is 26.6 Å². The topological polar surface area (TPSA) is 295 Å². The zero-order valence-electron chi connectivity index (χ0n) is 54.5. The van der Waals surface area contributed by atoms with Gasteiger partial charge in [-0.1, -0.05) is 192 Å². The molecule has 0 radical (unpaired) electrons. The maximum Gasteiger partial charge on any atom is 1.00 e. The van der Waals surface area contributed by atoms with Crippen LogP contribution in [0.2, 0.25) is 0 Å². The number of nitrogens with one attached hydrogen (secondary N) is 2. The molecule has 5 N–H and O–H groups in total. The molecule has 0 aromatic carbocycles. The predicted octanol–water partition coefficient (Wildman–Crippen LogP) is -2.77. The average molecular weight is 1550 g/mol. The third-order valence-corrected chi connectivity index (χ3v) is 8.79. The zero-order valence-corrected chi connectivity index (χ0v) is 79.1. The molecule has 1 heterocycles. The largest absolute Gasteiger partial charge is 1.00 e. The number of urea groups is 1. The summed E-state index contributed by atoms with van der Waals surface area (Å²) in [5, 5.41) is 53.7. The van der Waals surface area contributed by atoms with Gasteiger partial charge < -0.3 is 85.9 Å². The molecule has 472 valence electrons. The molecular formula is C58H122N7O13Rb5. The molecule has 0 aliphatic carbocycles. The monoisotopic (exact) mass is 1550 g/mol. The molecule has 7 amide bonds. The Morgan fingerprint density at radius 1 is 0.506 bits per heavy atom. The van der Waals surface area contributed by atoms with Crippen LogP contribution in [0, 0.1) is 53.3 Å². The van der Waals surface area contributed by atoms with Crippen LogP contribution in [-0.2, 0) is 38.1 Å². The molecule has 1 rings (SSSR count). The van der Waals surface area contributed by atoms with Gasteiger partial charge in [-0.3, -0.25) is 14.4 Å². The summed E-state index contributed by atoms with van der Waals surface area (Å²) >= 11 is 0. The van der Waals surface area contributed by atoms with E-state index in [1.165, 1.54) is 0 Å². The van der Waals surface area contributed by atoms with E-state index in [-0.39, 0.29) is 388 Å². The quantitative estimate of drug-likeness (QED) is 0.0522. The number of amides is 7. The van der Waals surface area contributed by atoms with Gasteiger partial charge >= 0.3 is 291 Å². The molecule has 1 aliphatic heterocycles. The van der Waals surface area contributed by atoms with Crippen molar-refractivity contribution < 1.29 is 354 Å². The summed E-state index contributed by atoms with van der Waals surface area (Å²) in [6.07, 6.45) is -4.00. The van der Waals surface area contributed by atoms with Crippen LogP contribution in [0.1, 0.15) is 187 Å². The molecule has 5 atom stereocenters. The van der Waals surface area contributed by atoms with Crippen molar-refractivity contribution in [2.45, 2.75) is 224 Å².